The van der Waals surface area contributed by atoms with Crippen LogP contribution < -0.4 is 5.32 Å². The summed E-state index contributed by atoms with van der Waals surface area (Å²) in [6.45, 7) is 6.99. The molecule has 9 heteroatoms. The Kier molecular flexibility index (Phi) is 7.55. The van der Waals surface area contributed by atoms with Gasteiger partial charge in [0.15, 0.2) is 0 Å². The Bertz CT molecular complexity index is 1190. The molecule has 0 aromatic carbocycles. The number of carbonyl (C=O) groups excluding carboxylic acids is 2. The molecule has 180 valence electrons. The number of aromatic nitrogens is 3. The molecule has 3 heterocycles. The van der Waals surface area contributed by atoms with Crippen molar-refractivity contribution in [3.63, 3.8) is 0 Å². The molecule has 1 saturated carbocycles. The number of hydrogen-bond donors (Lipinski definition) is 1. The zero-order valence-corrected chi connectivity index (χ0v) is 20.9. The summed E-state index contributed by atoms with van der Waals surface area (Å²) in [6, 6.07) is 3.50. The van der Waals surface area contributed by atoms with Gasteiger partial charge in [0.2, 0.25) is 0 Å². The summed E-state index contributed by atoms with van der Waals surface area (Å²) in [5.74, 6) is 0.0801. The Morgan fingerprint density at radius 3 is 2.68 bits per heavy atom. The fourth-order valence-corrected chi connectivity index (χ4v) is 5.17. The molecule has 1 N–H and O–H groups in total. The van der Waals surface area contributed by atoms with Crippen molar-refractivity contribution in [3.8, 4) is 0 Å². The van der Waals surface area contributed by atoms with Gasteiger partial charge in [-0.05, 0) is 42.7 Å². The first-order chi connectivity index (χ1) is 16.3. The highest BCUT2D eigenvalue weighted by atomic mass is 35.5. The maximum absolute atomic E-state index is 13.1. The van der Waals surface area contributed by atoms with Gasteiger partial charge in [-0.2, -0.15) is 0 Å². The highest BCUT2D eigenvalue weighted by Gasteiger charge is 2.32. The average Bonchev–Trinajstić information content (AvgIpc) is 3.18. The number of amides is 1. The van der Waals surface area contributed by atoms with Crippen LogP contribution >= 0.6 is 23.2 Å². The van der Waals surface area contributed by atoms with Crippen molar-refractivity contribution in [1.29, 1.82) is 0 Å². The lowest BCUT2D eigenvalue weighted by Gasteiger charge is -2.37. The van der Waals surface area contributed by atoms with Crippen LogP contribution in [0, 0.1) is 17.8 Å². The summed E-state index contributed by atoms with van der Waals surface area (Å²) in [7, 11) is 0. The quantitative estimate of drug-likeness (QED) is 0.316. The number of halogens is 2. The van der Waals surface area contributed by atoms with Crippen molar-refractivity contribution in [2.24, 2.45) is 17.8 Å². The molecule has 1 fully saturated rings. The first-order valence-electron chi connectivity index (χ1n) is 11.5. The highest BCUT2D eigenvalue weighted by Crippen LogP contribution is 2.36. The van der Waals surface area contributed by atoms with Gasteiger partial charge in [0.1, 0.15) is 12.4 Å². The predicted molar refractivity (Wildman–Crippen MR) is 133 cm³/mol. The molecule has 0 bridgehead atoms. The molecule has 3 aromatic rings. The first-order valence-corrected chi connectivity index (χ1v) is 12.2. The van der Waals surface area contributed by atoms with Gasteiger partial charge >= 0.3 is 0 Å². The van der Waals surface area contributed by atoms with Gasteiger partial charge in [0, 0.05) is 30.2 Å². The fourth-order valence-electron chi connectivity index (χ4n) is 4.71. The van der Waals surface area contributed by atoms with Crippen LogP contribution in [0.25, 0.3) is 11.0 Å². The van der Waals surface area contributed by atoms with Gasteiger partial charge in [-0.15, -0.1) is 0 Å². The molecule has 7 nitrogen and oxygen atoms in total. The summed E-state index contributed by atoms with van der Waals surface area (Å²) in [5.41, 5.74) is 0.972. The summed E-state index contributed by atoms with van der Waals surface area (Å²) in [4.78, 5) is 34.2. The standard InChI is InChI=1S/C25H28Cl2N4O3/c1-14(2)16-7-6-15(3)9-21(16)34-13-31-12-18(17-5-4-8-29-24(17)31)23(32)25(33)30-22-19(26)10-28-11-20(22)27/h4-5,8,10-12,14-16,21H,6-7,9,13H2,1-3H3,(H,28,30,33)/t15-,16+,21-/m0/s1. The molecule has 0 saturated heterocycles. The minimum atomic E-state index is -0.847. The van der Waals surface area contributed by atoms with Crippen LogP contribution in [-0.4, -0.2) is 32.3 Å². The van der Waals surface area contributed by atoms with E-state index in [-0.39, 0.29) is 34.1 Å². The van der Waals surface area contributed by atoms with Crippen molar-refractivity contribution in [3.05, 3.63) is 52.5 Å². The number of Topliss-reactive ketones (excluding diaryl/α,β-unsaturated/α-hetero) is 1. The minimum Gasteiger partial charge on any atom is -0.357 e. The number of nitrogens with one attached hydrogen (secondary N) is 1. The lowest BCUT2D eigenvalue weighted by molar-refractivity contribution is -0.112. The Labute approximate surface area is 208 Å². The van der Waals surface area contributed by atoms with E-state index < -0.39 is 11.7 Å². The number of hydrogen-bond acceptors (Lipinski definition) is 5. The molecule has 0 unspecified atom stereocenters. The Balaban J connectivity index is 1.57. The molecule has 1 aliphatic rings. The largest absolute Gasteiger partial charge is 0.357 e. The normalized spacial score (nSPS) is 20.6. The minimum absolute atomic E-state index is 0.142. The van der Waals surface area contributed by atoms with Crippen LogP contribution in [-0.2, 0) is 16.3 Å². The van der Waals surface area contributed by atoms with E-state index in [1.807, 2.05) is 0 Å². The maximum Gasteiger partial charge on any atom is 0.296 e. The number of ketones is 1. The fraction of sp³-hybridized carbons (Fsp3) is 0.440. The van der Waals surface area contributed by atoms with Crippen LogP contribution in [0.4, 0.5) is 5.69 Å². The van der Waals surface area contributed by atoms with Gasteiger partial charge in [-0.1, -0.05) is 50.4 Å². The second-order valence-electron chi connectivity index (χ2n) is 9.31. The van der Waals surface area contributed by atoms with Crippen molar-refractivity contribution >= 4 is 51.6 Å². The van der Waals surface area contributed by atoms with Crippen molar-refractivity contribution < 1.29 is 14.3 Å². The lowest BCUT2D eigenvalue weighted by atomic mass is 9.75. The number of fused-ring (bicyclic) bond motifs is 1. The van der Waals surface area contributed by atoms with Crippen LogP contribution in [0.2, 0.25) is 10.0 Å². The molecule has 3 atom stereocenters. The number of ether oxygens (including phenoxy) is 1. The van der Waals surface area contributed by atoms with E-state index in [4.69, 9.17) is 27.9 Å². The van der Waals surface area contributed by atoms with Gasteiger partial charge < -0.3 is 14.6 Å². The molecule has 1 amide bonds. The first kappa shape index (κ1) is 24.6. The van der Waals surface area contributed by atoms with Crippen LogP contribution in [0.15, 0.2) is 36.9 Å². The molecule has 0 aliphatic heterocycles. The number of anilines is 1. The van der Waals surface area contributed by atoms with Crippen molar-refractivity contribution in [2.45, 2.75) is 52.9 Å². The van der Waals surface area contributed by atoms with Gasteiger partial charge in [-0.25, -0.2) is 4.98 Å². The van der Waals surface area contributed by atoms with Gasteiger partial charge in [0.05, 0.1) is 27.4 Å². The molecule has 0 spiro atoms. The topological polar surface area (TPSA) is 86.1 Å². The summed E-state index contributed by atoms with van der Waals surface area (Å²) >= 11 is 12.2. The lowest BCUT2D eigenvalue weighted by Crippen LogP contribution is -2.34. The summed E-state index contributed by atoms with van der Waals surface area (Å²) in [6.07, 6.45) is 9.50. The molecule has 1 aliphatic carbocycles. The van der Waals surface area contributed by atoms with Crippen LogP contribution in [0.1, 0.15) is 50.4 Å². The number of rotatable bonds is 7. The van der Waals surface area contributed by atoms with E-state index in [2.05, 4.69) is 36.1 Å². The summed E-state index contributed by atoms with van der Waals surface area (Å²) < 4.78 is 8.16. The predicted octanol–water partition coefficient (Wildman–Crippen LogP) is 5.99. The second kappa shape index (κ2) is 10.4. The maximum atomic E-state index is 13.1. The number of carbonyl (C=O) groups is 2. The molecular weight excluding hydrogens is 475 g/mol. The number of nitrogens with zero attached hydrogens (tertiary/aromatic N) is 3. The van der Waals surface area contributed by atoms with Gasteiger partial charge in [0.25, 0.3) is 11.7 Å². The van der Waals surface area contributed by atoms with E-state index in [0.29, 0.717) is 28.8 Å². The number of pyridine rings is 2. The third kappa shape index (κ3) is 5.11. The third-order valence-electron chi connectivity index (χ3n) is 6.57. The molecule has 4 rings (SSSR count). The Morgan fingerprint density at radius 1 is 1.24 bits per heavy atom. The van der Waals surface area contributed by atoms with E-state index in [1.54, 1.807) is 29.1 Å². The van der Waals surface area contributed by atoms with Crippen LogP contribution in [0.3, 0.4) is 0 Å². The third-order valence-corrected chi connectivity index (χ3v) is 7.14. The second-order valence-corrected chi connectivity index (χ2v) is 10.1. The van der Waals surface area contributed by atoms with Crippen molar-refractivity contribution in [2.75, 3.05) is 5.32 Å². The van der Waals surface area contributed by atoms with Crippen molar-refractivity contribution in [1.82, 2.24) is 14.5 Å². The molecule has 3 aromatic heterocycles. The van der Waals surface area contributed by atoms with Crippen LogP contribution in [0.5, 0.6) is 0 Å². The average molecular weight is 503 g/mol. The molecular formula is C25H28Cl2N4O3. The monoisotopic (exact) mass is 502 g/mol. The zero-order chi connectivity index (χ0) is 24.4. The highest BCUT2D eigenvalue weighted by molar-refractivity contribution is 6.50. The van der Waals surface area contributed by atoms with E-state index in [1.165, 1.54) is 18.8 Å². The molecule has 0 radical (unpaired) electrons. The van der Waals surface area contributed by atoms with Gasteiger partial charge in [-0.3, -0.25) is 14.6 Å². The Morgan fingerprint density at radius 2 is 1.97 bits per heavy atom. The summed E-state index contributed by atoms with van der Waals surface area (Å²) in [5, 5.41) is 3.38. The Hall–Kier alpha value is -2.48. The van der Waals surface area contributed by atoms with E-state index >= 15 is 0 Å². The SMILES string of the molecule is CC(C)[C@H]1CC[C@H](C)C[C@@H]1OCn1cc(C(=O)C(=O)Nc2c(Cl)cncc2Cl)c2cccnc21. The smallest absolute Gasteiger partial charge is 0.296 e. The molecule has 34 heavy (non-hydrogen) atoms. The zero-order valence-electron chi connectivity index (χ0n) is 19.4. The van der Waals surface area contributed by atoms with E-state index in [0.717, 1.165) is 12.8 Å². The van der Waals surface area contributed by atoms with E-state index in [9.17, 15) is 9.59 Å².